The monoisotopic (exact) mass is 332 g/mol. The van der Waals surface area contributed by atoms with E-state index in [1.807, 2.05) is 13.8 Å². The van der Waals surface area contributed by atoms with Gasteiger partial charge in [0.2, 0.25) is 5.91 Å². The zero-order valence-electron chi connectivity index (χ0n) is 15.8. The van der Waals surface area contributed by atoms with Crippen molar-refractivity contribution in [1.82, 2.24) is 10.2 Å². The molecule has 0 rings (SSSR count). The van der Waals surface area contributed by atoms with E-state index in [2.05, 4.69) is 26.1 Å². The summed E-state index contributed by atoms with van der Waals surface area (Å²) in [6, 6.07) is 0. The topological polar surface area (TPSA) is 60.0 Å². The summed E-state index contributed by atoms with van der Waals surface area (Å²) >= 11 is 0. The van der Waals surface area contributed by atoms with E-state index in [-0.39, 0.29) is 17.4 Å². The predicted octanol–water partition coefficient (Wildman–Crippen LogP) is 1.54. The molecule has 0 saturated heterocycles. The lowest BCUT2D eigenvalue weighted by atomic mass is 10.1. The normalized spacial score (nSPS) is 12.0. The molecular weight excluding hydrogens is 296 g/mol. The Morgan fingerprint density at radius 3 is 1.91 bits per heavy atom. The van der Waals surface area contributed by atoms with Gasteiger partial charge in [0, 0.05) is 31.6 Å². The smallest absolute Gasteiger partial charge is 0.224 e. The van der Waals surface area contributed by atoms with Gasteiger partial charge in [-0.1, -0.05) is 13.8 Å². The molecule has 0 unspecified atom stereocenters. The summed E-state index contributed by atoms with van der Waals surface area (Å²) in [5.74, 6) is 0.171. The molecule has 1 amide bonds. The van der Waals surface area contributed by atoms with Crippen LogP contribution in [-0.4, -0.2) is 76.1 Å². The number of hydrogen-bond acceptors (Lipinski definition) is 5. The van der Waals surface area contributed by atoms with Crippen molar-refractivity contribution < 1.29 is 19.0 Å². The van der Waals surface area contributed by atoms with Gasteiger partial charge < -0.3 is 24.4 Å². The van der Waals surface area contributed by atoms with Gasteiger partial charge in [-0.3, -0.25) is 4.79 Å². The van der Waals surface area contributed by atoms with E-state index in [9.17, 15) is 4.79 Å². The van der Waals surface area contributed by atoms with Gasteiger partial charge >= 0.3 is 0 Å². The predicted molar refractivity (Wildman–Crippen MR) is 92.7 cm³/mol. The molecule has 0 atom stereocenters. The van der Waals surface area contributed by atoms with Crippen molar-refractivity contribution in [3.8, 4) is 0 Å². The van der Waals surface area contributed by atoms with Crippen molar-refractivity contribution in [2.45, 2.75) is 40.2 Å². The lowest BCUT2D eigenvalue weighted by molar-refractivity contribution is -0.133. The highest BCUT2D eigenvalue weighted by Gasteiger charge is 2.11. The Labute approximate surface area is 141 Å². The summed E-state index contributed by atoms with van der Waals surface area (Å²) in [5.41, 5.74) is 0.130. The van der Waals surface area contributed by atoms with Gasteiger partial charge in [0.05, 0.1) is 39.6 Å². The summed E-state index contributed by atoms with van der Waals surface area (Å²) < 4.78 is 16.3. The number of carbonyl (C=O) groups is 1. The van der Waals surface area contributed by atoms with E-state index in [0.717, 1.165) is 6.54 Å². The Morgan fingerprint density at radius 1 is 0.957 bits per heavy atom. The second-order valence-corrected chi connectivity index (χ2v) is 6.93. The zero-order valence-corrected chi connectivity index (χ0v) is 15.8. The average Bonchev–Trinajstić information content (AvgIpc) is 2.46. The van der Waals surface area contributed by atoms with Crippen LogP contribution in [0, 0.1) is 5.92 Å². The third-order valence-corrected chi connectivity index (χ3v) is 3.09. The Balaban J connectivity index is 3.27. The maximum absolute atomic E-state index is 11.6. The molecule has 0 aromatic heterocycles. The Kier molecular flexibility index (Phi) is 12.3. The molecule has 0 radical (unpaired) electrons. The van der Waals surface area contributed by atoms with Gasteiger partial charge in [0.25, 0.3) is 0 Å². The van der Waals surface area contributed by atoms with Crippen LogP contribution in [0.1, 0.15) is 34.6 Å². The van der Waals surface area contributed by atoms with Crippen LogP contribution >= 0.6 is 0 Å². The highest BCUT2D eigenvalue weighted by molar-refractivity contribution is 5.77. The van der Waals surface area contributed by atoms with Crippen LogP contribution in [0.25, 0.3) is 0 Å². The zero-order chi connectivity index (χ0) is 17.7. The van der Waals surface area contributed by atoms with Gasteiger partial charge in [-0.15, -0.1) is 0 Å². The van der Waals surface area contributed by atoms with Gasteiger partial charge in [-0.25, -0.2) is 0 Å². The molecule has 6 heteroatoms. The fraction of sp³-hybridized carbons (Fsp3) is 0.941. The number of carbonyl (C=O) groups excluding carboxylic acids is 1. The molecule has 0 aromatic rings. The van der Waals surface area contributed by atoms with Crippen LogP contribution in [-0.2, 0) is 19.0 Å². The molecule has 0 heterocycles. The Hall–Kier alpha value is -0.690. The molecule has 0 fully saturated rings. The number of amides is 1. The average molecular weight is 332 g/mol. The molecule has 23 heavy (non-hydrogen) atoms. The molecule has 1 N–H and O–H groups in total. The third-order valence-electron chi connectivity index (χ3n) is 3.09. The van der Waals surface area contributed by atoms with Gasteiger partial charge in [-0.2, -0.15) is 0 Å². The third kappa shape index (κ3) is 14.6. The van der Waals surface area contributed by atoms with Crippen LogP contribution < -0.4 is 5.32 Å². The van der Waals surface area contributed by atoms with Crippen molar-refractivity contribution in [1.29, 1.82) is 0 Å². The molecule has 0 bridgehead atoms. The van der Waals surface area contributed by atoms with E-state index >= 15 is 0 Å². The molecule has 0 aliphatic heterocycles. The van der Waals surface area contributed by atoms with E-state index in [0.29, 0.717) is 46.2 Å². The lowest BCUT2D eigenvalue weighted by Crippen LogP contribution is -2.38. The Morgan fingerprint density at radius 2 is 1.43 bits per heavy atom. The van der Waals surface area contributed by atoms with Crippen LogP contribution in [0.4, 0.5) is 0 Å². The molecule has 0 aliphatic carbocycles. The maximum atomic E-state index is 11.6. The summed E-state index contributed by atoms with van der Waals surface area (Å²) in [5, 5.41) is 3.36. The van der Waals surface area contributed by atoms with Gasteiger partial charge in [-0.05, 0) is 20.8 Å². The van der Waals surface area contributed by atoms with Crippen molar-refractivity contribution in [2.24, 2.45) is 5.92 Å². The van der Waals surface area contributed by atoms with Crippen LogP contribution in [0.5, 0.6) is 0 Å². The molecule has 0 aromatic carbocycles. The molecule has 0 aliphatic rings. The second kappa shape index (κ2) is 12.7. The minimum Gasteiger partial charge on any atom is -0.378 e. The fourth-order valence-electron chi connectivity index (χ4n) is 1.79. The molecular formula is C17H36N2O4. The van der Waals surface area contributed by atoms with E-state index < -0.39 is 0 Å². The second-order valence-electron chi connectivity index (χ2n) is 6.93. The van der Waals surface area contributed by atoms with Crippen molar-refractivity contribution in [2.75, 3.05) is 59.8 Å². The van der Waals surface area contributed by atoms with Crippen molar-refractivity contribution >= 4 is 5.91 Å². The summed E-state index contributed by atoms with van der Waals surface area (Å²) in [6.07, 6.45) is 0. The van der Waals surface area contributed by atoms with Crippen molar-refractivity contribution in [3.63, 3.8) is 0 Å². The first kappa shape index (κ1) is 22.3. The van der Waals surface area contributed by atoms with Crippen LogP contribution in [0.15, 0.2) is 0 Å². The SMILES string of the molecule is CC(C)C(=O)N(C)CCOCCOCCOCCNC(C)(C)C. The van der Waals surface area contributed by atoms with Crippen molar-refractivity contribution in [3.05, 3.63) is 0 Å². The molecule has 138 valence electrons. The first-order valence-corrected chi connectivity index (χ1v) is 8.47. The number of nitrogens with one attached hydrogen (secondary N) is 1. The quantitative estimate of drug-likeness (QED) is 0.519. The largest absolute Gasteiger partial charge is 0.378 e. The fourth-order valence-corrected chi connectivity index (χ4v) is 1.79. The minimum absolute atomic E-state index is 0.0296. The Bertz CT molecular complexity index is 303. The number of likely N-dealkylation sites (N-methyl/N-ethyl adjacent to an activating group) is 1. The number of nitrogens with zero attached hydrogens (tertiary/aromatic N) is 1. The standard InChI is InChI=1S/C17H36N2O4/c1-15(2)16(20)19(6)8-10-22-12-14-23-13-11-21-9-7-18-17(3,4)5/h15,18H,7-14H2,1-6H3. The van der Waals surface area contributed by atoms with E-state index in [4.69, 9.17) is 14.2 Å². The first-order valence-electron chi connectivity index (χ1n) is 8.47. The minimum atomic E-state index is 0.0296. The lowest BCUT2D eigenvalue weighted by Gasteiger charge is -2.20. The van der Waals surface area contributed by atoms with E-state index in [1.165, 1.54) is 0 Å². The first-order chi connectivity index (χ1) is 10.7. The summed E-state index contributed by atoms with van der Waals surface area (Å²) in [6.45, 7) is 15.1. The molecule has 0 spiro atoms. The maximum Gasteiger partial charge on any atom is 0.224 e. The highest BCUT2D eigenvalue weighted by Crippen LogP contribution is 1.98. The highest BCUT2D eigenvalue weighted by atomic mass is 16.5. The van der Waals surface area contributed by atoms with Crippen LogP contribution in [0.2, 0.25) is 0 Å². The number of ether oxygens (including phenoxy) is 3. The summed E-state index contributed by atoms with van der Waals surface area (Å²) in [7, 11) is 1.80. The van der Waals surface area contributed by atoms with E-state index in [1.54, 1.807) is 11.9 Å². The van der Waals surface area contributed by atoms with Gasteiger partial charge in [0.1, 0.15) is 0 Å². The molecule has 0 saturated carbocycles. The van der Waals surface area contributed by atoms with Gasteiger partial charge in [0.15, 0.2) is 0 Å². The number of rotatable bonds is 13. The molecule has 6 nitrogen and oxygen atoms in total. The van der Waals surface area contributed by atoms with Crippen LogP contribution in [0.3, 0.4) is 0 Å². The summed E-state index contributed by atoms with van der Waals surface area (Å²) in [4.78, 5) is 13.3. The number of hydrogen-bond donors (Lipinski definition) is 1.